The molecule has 0 saturated carbocycles. The molecule has 1 aromatic rings. The number of hydrogen-bond acceptors (Lipinski definition) is 3. The Balaban J connectivity index is 2.52. The van der Waals surface area contributed by atoms with Crippen LogP contribution >= 0.6 is 11.3 Å². The zero-order chi connectivity index (χ0) is 11.1. The lowest BCUT2D eigenvalue weighted by Gasteiger charge is -2.08. The summed E-state index contributed by atoms with van der Waals surface area (Å²) >= 11 is 1.69. The summed E-state index contributed by atoms with van der Waals surface area (Å²) in [7, 11) is 0. The molecule has 5 heteroatoms. The second-order valence-electron chi connectivity index (χ2n) is 3.09. The van der Waals surface area contributed by atoms with Crippen molar-refractivity contribution in [3.8, 4) is 0 Å². The number of hydrogen-bond donors (Lipinski definition) is 2. The Kier molecular flexibility index (Phi) is 5.10. The van der Waals surface area contributed by atoms with Crippen LogP contribution in [0, 0.1) is 6.92 Å². The fourth-order valence-electron chi connectivity index (χ4n) is 1.13. The van der Waals surface area contributed by atoms with Gasteiger partial charge in [-0.1, -0.05) is 0 Å². The van der Waals surface area contributed by atoms with E-state index in [1.165, 1.54) is 4.88 Å². The van der Waals surface area contributed by atoms with Crippen molar-refractivity contribution in [2.45, 2.75) is 27.3 Å². The highest BCUT2D eigenvalue weighted by Gasteiger charge is 1.98. The molecule has 1 rings (SSSR count). The second-order valence-corrected chi connectivity index (χ2v) is 4.41. The summed E-state index contributed by atoms with van der Waals surface area (Å²) in [4.78, 5) is 9.92. The predicted molar refractivity (Wildman–Crippen MR) is 65.3 cm³/mol. The SMILES string of the molecule is CCNC(=NCc1ncc(C)s1)NCC. The van der Waals surface area contributed by atoms with E-state index in [0.717, 1.165) is 24.1 Å². The van der Waals surface area contributed by atoms with Crippen LogP contribution in [-0.2, 0) is 6.54 Å². The van der Waals surface area contributed by atoms with Gasteiger partial charge >= 0.3 is 0 Å². The van der Waals surface area contributed by atoms with Gasteiger partial charge in [0.2, 0.25) is 0 Å². The maximum absolute atomic E-state index is 4.43. The molecule has 0 amide bonds. The monoisotopic (exact) mass is 226 g/mol. The quantitative estimate of drug-likeness (QED) is 0.604. The standard InChI is InChI=1S/C10H18N4S/c1-4-11-10(12-5-2)14-7-9-13-6-8(3)15-9/h6H,4-5,7H2,1-3H3,(H2,11,12,14). The molecule has 1 heterocycles. The third-order valence-corrected chi connectivity index (χ3v) is 2.63. The molecule has 1 aromatic heterocycles. The molecule has 0 fully saturated rings. The second kappa shape index (κ2) is 6.40. The van der Waals surface area contributed by atoms with Crippen LogP contribution in [0.15, 0.2) is 11.2 Å². The molecule has 0 aliphatic rings. The first-order valence-electron chi connectivity index (χ1n) is 5.19. The lowest BCUT2D eigenvalue weighted by atomic mass is 10.6. The normalized spacial score (nSPS) is 9.80. The van der Waals surface area contributed by atoms with E-state index >= 15 is 0 Å². The Morgan fingerprint density at radius 1 is 1.40 bits per heavy atom. The molecule has 15 heavy (non-hydrogen) atoms. The van der Waals surface area contributed by atoms with E-state index in [2.05, 4.69) is 41.4 Å². The minimum Gasteiger partial charge on any atom is -0.357 e. The number of nitrogens with one attached hydrogen (secondary N) is 2. The average Bonchev–Trinajstić information content (AvgIpc) is 2.61. The summed E-state index contributed by atoms with van der Waals surface area (Å²) < 4.78 is 0. The van der Waals surface area contributed by atoms with Crippen molar-refractivity contribution in [2.75, 3.05) is 13.1 Å². The number of aromatic nitrogens is 1. The van der Waals surface area contributed by atoms with Gasteiger partial charge in [0.05, 0.1) is 6.54 Å². The van der Waals surface area contributed by atoms with Crippen LogP contribution in [0.1, 0.15) is 23.7 Å². The number of aryl methyl sites for hydroxylation is 1. The molecule has 0 aliphatic heterocycles. The van der Waals surface area contributed by atoms with Gasteiger partial charge in [0.25, 0.3) is 0 Å². The van der Waals surface area contributed by atoms with Gasteiger partial charge in [-0.25, -0.2) is 9.98 Å². The molecule has 0 radical (unpaired) electrons. The van der Waals surface area contributed by atoms with Crippen LogP contribution < -0.4 is 10.6 Å². The first-order chi connectivity index (χ1) is 7.26. The topological polar surface area (TPSA) is 49.3 Å². The van der Waals surface area contributed by atoms with Gasteiger partial charge in [-0.2, -0.15) is 0 Å². The van der Waals surface area contributed by atoms with Gasteiger partial charge in [-0.05, 0) is 20.8 Å². The minimum atomic E-state index is 0.647. The van der Waals surface area contributed by atoms with Crippen LogP contribution in [0.4, 0.5) is 0 Å². The highest BCUT2D eigenvalue weighted by atomic mass is 32.1. The van der Waals surface area contributed by atoms with Crippen molar-refractivity contribution >= 4 is 17.3 Å². The van der Waals surface area contributed by atoms with E-state index in [0.29, 0.717) is 6.54 Å². The van der Waals surface area contributed by atoms with Gasteiger partial charge in [0.15, 0.2) is 5.96 Å². The summed E-state index contributed by atoms with van der Waals surface area (Å²) in [6, 6.07) is 0. The van der Waals surface area contributed by atoms with Crippen molar-refractivity contribution in [3.05, 3.63) is 16.1 Å². The van der Waals surface area contributed by atoms with Crippen molar-refractivity contribution in [1.82, 2.24) is 15.6 Å². The van der Waals surface area contributed by atoms with E-state index in [-0.39, 0.29) is 0 Å². The van der Waals surface area contributed by atoms with E-state index < -0.39 is 0 Å². The molecular weight excluding hydrogens is 208 g/mol. The summed E-state index contributed by atoms with van der Waals surface area (Å²) in [5.41, 5.74) is 0. The molecule has 0 saturated heterocycles. The first-order valence-corrected chi connectivity index (χ1v) is 6.01. The molecule has 84 valence electrons. The lowest BCUT2D eigenvalue weighted by molar-refractivity contribution is 0.838. The predicted octanol–water partition coefficient (Wildman–Crippen LogP) is 1.53. The van der Waals surface area contributed by atoms with Crippen molar-refractivity contribution < 1.29 is 0 Å². The summed E-state index contributed by atoms with van der Waals surface area (Å²) in [6.07, 6.45) is 1.88. The number of rotatable bonds is 4. The van der Waals surface area contributed by atoms with Gasteiger partial charge in [-0.3, -0.25) is 0 Å². The lowest BCUT2D eigenvalue weighted by Crippen LogP contribution is -2.36. The van der Waals surface area contributed by atoms with E-state index in [1.54, 1.807) is 11.3 Å². The zero-order valence-corrected chi connectivity index (χ0v) is 10.3. The van der Waals surface area contributed by atoms with Crippen molar-refractivity contribution in [3.63, 3.8) is 0 Å². The molecular formula is C10H18N4S. The summed E-state index contributed by atoms with van der Waals surface area (Å²) in [5.74, 6) is 0.854. The highest BCUT2D eigenvalue weighted by Crippen LogP contribution is 2.11. The van der Waals surface area contributed by atoms with Crippen LogP contribution in [0.25, 0.3) is 0 Å². The fourth-order valence-corrected chi connectivity index (χ4v) is 1.84. The zero-order valence-electron chi connectivity index (χ0n) is 9.50. The smallest absolute Gasteiger partial charge is 0.191 e. The third-order valence-electron chi connectivity index (χ3n) is 1.73. The molecule has 0 bridgehead atoms. The van der Waals surface area contributed by atoms with Gasteiger partial charge in [-0.15, -0.1) is 11.3 Å². The van der Waals surface area contributed by atoms with Crippen LogP contribution in [0.2, 0.25) is 0 Å². The van der Waals surface area contributed by atoms with Gasteiger partial charge < -0.3 is 10.6 Å². The maximum Gasteiger partial charge on any atom is 0.191 e. The Hall–Kier alpha value is -1.10. The van der Waals surface area contributed by atoms with Crippen LogP contribution in [-0.4, -0.2) is 24.0 Å². The first kappa shape index (κ1) is 12.0. The number of aliphatic imine (C=N–C) groups is 1. The summed E-state index contributed by atoms with van der Waals surface area (Å²) in [6.45, 7) is 8.57. The van der Waals surface area contributed by atoms with E-state index in [9.17, 15) is 0 Å². The number of nitrogens with zero attached hydrogens (tertiary/aromatic N) is 2. The Morgan fingerprint density at radius 3 is 2.53 bits per heavy atom. The molecule has 0 unspecified atom stereocenters. The van der Waals surface area contributed by atoms with Crippen molar-refractivity contribution in [1.29, 1.82) is 0 Å². The Labute approximate surface area is 94.8 Å². The fraction of sp³-hybridized carbons (Fsp3) is 0.600. The number of guanidine groups is 1. The number of thiazole rings is 1. The van der Waals surface area contributed by atoms with Crippen LogP contribution in [0.5, 0.6) is 0 Å². The van der Waals surface area contributed by atoms with Gasteiger partial charge in [0.1, 0.15) is 5.01 Å². The Bertz CT molecular complexity index is 311. The molecule has 2 N–H and O–H groups in total. The summed E-state index contributed by atoms with van der Waals surface area (Å²) in [5, 5.41) is 7.41. The molecule has 4 nitrogen and oxygen atoms in total. The van der Waals surface area contributed by atoms with Crippen molar-refractivity contribution in [2.24, 2.45) is 4.99 Å². The maximum atomic E-state index is 4.43. The average molecular weight is 226 g/mol. The van der Waals surface area contributed by atoms with Gasteiger partial charge in [0, 0.05) is 24.2 Å². The minimum absolute atomic E-state index is 0.647. The third kappa shape index (κ3) is 4.29. The molecule has 0 aliphatic carbocycles. The Morgan fingerprint density at radius 2 is 2.07 bits per heavy atom. The molecule has 0 spiro atoms. The molecule has 0 aromatic carbocycles. The largest absolute Gasteiger partial charge is 0.357 e. The molecule has 0 atom stereocenters. The highest BCUT2D eigenvalue weighted by molar-refractivity contribution is 7.11. The van der Waals surface area contributed by atoms with E-state index in [4.69, 9.17) is 0 Å². The van der Waals surface area contributed by atoms with Crippen LogP contribution in [0.3, 0.4) is 0 Å². The van der Waals surface area contributed by atoms with E-state index in [1.807, 2.05) is 6.20 Å².